The van der Waals surface area contributed by atoms with Crippen LogP contribution in [0.1, 0.15) is 27.9 Å². The van der Waals surface area contributed by atoms with Crippen molar-refractivity contribution in [1.82, 2.24) is 15.3 Å². The number of hydrogen-bond donors (Lipinski definition) is 4. The van der Waals surface area contributed by atoms with E-state index in [9.17, 15) is 19.5 Å². The molecule has 0 unspecified atom stereocenters. The lowest BCUT2D eigenvalue weighted by molar-refractivity contribution is -0.308. The van der Waals surface area contributed by atoms with Crippen molar-refractivity contribution in [2.45, 2.75) is 25.3 Å². The van der Waals surface area contributed by atoms with Crippen LogP contribution < -0.4 is 21.9 Å². The quantitative estimate of drug-likeness (QED) is 0.337. The molecule has 3 rings (SSSR count). The molecule has 0 spiro atoms. The van der Waals surface area contributed by atoms with Gasteiger partial charge in [0.1, 0.15) is 5.82 Å². The molecule has 0 saturated heterocycles. The normalized spacial score (nSPS) is 11.6. The molecule has 0 radical (unpaired) electrons. The third-order valence-electron chi connectivity index (χ3n) is 5.07. The van der Waals surface area contributed by atoms with Crippen LogP contribution in [0.5, 0.6) is 0 Å². The van der Waals surface area contributed by atoms with Gasteiger partial charge in [-0.2, -0.15) is 4.98 Å². The number of carbonyl (C=O) groups excluding carboxylic acids is 2. The summed E-state index contributed by atoms with van der Waals surface area (Å²) in [4.78, 5) is 42.6. The third kappa shape index (κ3) is 5.82. The largest absolute Gasteiger partial charge is 0.548 e. The number of hydrogen-bond acceptors (Lipinski definition) is 8. The number of benzene rings is 2. The molecule has 6 N–H and O–H groups in total. The average Bonchev–Trinajstić information content (AvgIpc) is 2.77. The fourth-order valence-electron chi connectivity index (χ4n) is 3.25. The highest BCUT2D eigenvalue weighted by Crippen LogP contribution is 2.21. The molecule has 3 aromatic rings. The number of nitrogens with two attached hydrogens (primary N) is 2. The molecule has 10 heteroatoms. The molecule has 0 aliphatic heterocycles. The van der Waals surface area contributed by atoms with Crippen LogP contribution in [0.3, 0.4) is 0 Å². The van der Waals surface area contributed by atoms with Crippen LogP contribution in [0.4, 0.5) is 11.8 Å². The van der Waals surface area contributed by atoms with Gasteiger partial charge in [-0.15, -0.1) is 0 Å². The zero-order valence-corrected chi connectivity index (χ0v) is 17.6. The molecule has 0 saturated carbocycles. The monoisotopic (exact) mass is 448 g/mol. The SMILES string of the molecule is C=C(C[C@H](NC(=O)c1ccc(CCc2ccc3nc(N)nc(N)c3c2)cc1)C(=O)[O-])C(=O)O. The van der Waals surface area contributed by atoms with Crippen LogP contribution in [0.25, 0.3) is 10.9 Å². The molecule has 33 heavy (non-hydrogen) atoms. The van der Waals surface area contributed by atoms with E-state index >= 15 is 0 Å². The second-order valence-electron chi connectivity index (χ2n) is 7.47. The van der Waals surface area contributed by atoms with Crippen molar-refractivity contribution in [3.05, 3.63) is 71.3 Å². The number of aryl methyl sites for hydroxylation is 2. The molecule has 170 valence electrons. The summed E-state index contributed by atoms with van der Waals surface area (Å²) in [5, 5.41) is 23.1. The van der Waals surface area contributed by atoms with Gasteiger partial charge in [0.15, 0.2) is 0 Å². The molecule has 0 bridgehead atoms. The Kier molecular flexibility index (Phi) is 6.87. The van der Waals surface area contributed by atoms with Gasteiger partial charge in [-0.3, -0.25) is 4.79 Å². The zero-order chi connectivity index (χ0) is 24.1. The van der Waals surface area contributed by atoms with Gasteiger partial charge >= 0.3 is 5.97 Å². The van der Waals surface area contributed by atoms with E-state index in [1.165, 1.54) is 0 Å². The van der Waals surface area contributed by atoms with Gasteiger partial charge in [0.2, 0.25) is 5.95 Å². The first kappa shape index (κ1) is 23.2. The molecule has 10 nitrogen and oxygen atoms in total. The van der Waals surface area contributed by atoms with Crippen molar-refractivity contribution >= 4 is 40.5 Å². The molecular formula is C23H22N5O5-. The Morgan fingerprint density at radius 3 is 2.30 bits per heavy atom. The smallest absolute Gasteiger partial charge is 0.331 e. The topological polar surface area (TPSA) is 184 Å². The average molecular weight is 448 g/mol. The fourth-order valence-corrected chi connectivity index (χ4v) is 3.25. The van der Waals surface area contributed by atoms with E-state index in [0.29, 0.717) is 24.2 Å². The summed E-state index contributed by atoms with van der Waals surface area (Å²) in [7, 11) is 0. The molecule has 0 aliphatic carbocycles. The first-order valence-corrected chi connectivity index (χ1v) is 9.97. The molecule has 0 fully saturated rings. The Morgan fingerprint density at radius 2 is 1.67 bits per heavy atom. The van der Waals surface area contributed by atoms with E-state index in [1.807, 2.05) is 18.2 Å². The number of nitrogens with one attached hydrogen (secondary N) is 1. The lowest BCUT2D eigenvalue weighted by Crippen LogP contribution is -2.48. The molecule has 2 aromatic carbocycles. The number of aliphatic carboxylic acids is 2. The molecule has 1 amide bonds. The number of amides is 1. The van der Waals surface area contributed by atoms with E-state index in [-0.39, 0.29) is 17.1 Å². The highest BCUT2D eigenvalue weighted by atomic mass is 16.4. The van der Waals surface area contributed by atoms with Gasteiger partial charge in [-0.1, -0.05) is 24.8 Å². The maximum absolute atomic E-state index is 12.4. The molecular weight excluding hydrogens is 426 g/mol. The highest BCUT2D eigenvalue weighted by molar-refractivity contribution is 5.97. The van der Waals surface area contributed by atoms with Crippen LogP contribution >= 0.6 is 0 Å². The second kappa shape index (κ2) is 9.77. The number of fused-ring (bicyclic) bond motifs is 1. The van der Waals surface area contributed by atoms with Crippen molar-refractivity contribution in [3.63, 3.8) is 0 Å². The Bertz CT molecular complexity index is 1240. The predicted octanol–water partition coefficient (Wildman–Crippen LogP) is 0.459. The van der Waals surface area contributed by atoms with Gasteiger partial charge in [0.05, 0.1) is 17.5 Å². The minimum absolute atomic E-state index is 0.120. The summed E-state index contributed by atoms with van der Waals surface area (Å²) in [5.74, 6) is -3.15. The molecule has 1 heterocycles. The minimum atomic E-state index is -1.59. The maximum Gasteiger partial charge on any atom is 0.331 e. The van der Waals surface area contributed by atoms with Gasteiger partial charge in [-0.05, 0) is 48.2 Å². The fraction of sp³-hybridized carbons (Fsp3) is 0.174. The summed E-state index contributed by atoms with van der Waals surface area (Å²) in [5.41, 5.74) is 14.1. The zero-order valence-electron chi connectivity index (χ0n) is 17.6. The number of nitrogens with zero attached hydrogens (tertiary/aromatic N) is 2. The number of rotatable bonds is 9. The number of carbonyl (C=O) groups is 3. The van der Waals surface area contributed by atoms with Crippen molar-refractivity contribution in [2.75, 3.05) is 11.5 Å². The van der Waals surface area contributed by atoms with Gasteiger partial charge in [-0.25, -0.2) is 9.78 Å². The van der Waals surface area contributed by atoms with Gasteiger partial charge in [0.25, 0.3) is 5.91 Å². The minimum Gasteiger partial charge on any atom is -0.548 e. The number of anilines is 2. The summed E-state index contributed by atoms with van der Waals surface area (Å²) in [6.45, 7) is 3.28. The van der Waals surface area contributed by atoms with E-state index in [1.54, 1.807) is 24.3 Å². The van der Waals surface area contributed by atoms with E-state index in [0.717, 1.165) is 16.5 Å². The van der Waals surface area contributed by atoms with Crippen molar-refractivity contribution in [1.29, 1.82) is 0 Å². The molecule has 1 atom stereocenters. The van der Waals surface area contributed by atoms with Gasteiger partial charge in [0, 0.05) is 22.9 Å². The lowest BCUT2D eigenvalue weighted by atomic mass is 10.0. The summed E-state index contributed by atoms with van der Waals surface area (Å²) in [6.07, 6.45) is 0.925. The van der Waals surface area contributed by atoms with E-state index in [2.05, 4.69) is 21.9 Å². The Morgan fingerprint density at radius 1 is 1.03 bits per heavy atom. The molecule has 1 aromatic heterocycles. The summed E-state index contributed by atoms with van der Waals surface area (Å²) < 4.78 is 0. The number of carboxylic acid groups (broad SMARTS) is 2. The third-order valence-corrected chi connectivity index (χ3v) is 5.07. The van der Waals surface area contributed by atoms with Crippen molar-refractivity contribution in [2.24, 2.45) is 0 Å². The number of nitrogen functional groups attached to an aromatic ring is 2. The van der Waals surface area contributed by atoms with Crippen LogP contribution in [0.2, 0.25) is 0 Å². The summed E-state index contributed by atoms with van der Waals surface area (Å²) in [6, 6.07) is 10.8. The van der Waals surface area contributed by atoms with Crippen molar-refractivity contribution < 1.29 is 24.6 Å². The maximum atomic E-state index is 12.4. The number of aromatic nitrogens is 2. The van der Waals surface area contributed by atoms with Crippen LogP contribution in [-0.2, 0) is 22.4 Å². The Hall–Kier alpha value is -4.47. The highest BCUT2D eigenvalue weighted by Gasteiger charge is 2.18. The van der Waals surface area contributed by atoms with Gasteiger partial charge < -0.3 is 31.8 Å². The van der Waals surface area contributed by atoms with Crippen LogP contribution in [0, 0.1) is 0 Å². The van der Waals surface area contributed by atoms with Crippen LogP contribution in [0.15, 0.2) is 54.6 Å². The lowest BCUT2D eigenvalue weighted by Gasteiger charge is -2.19. The Labute approximate surface area is 189 Å². The number of carboxylic acids is 2. The molecule has 0 aliphatic rings. The predicted molar refractivity (Wildman–Crippen MR) is 120 cm³/mol. The second-order valence-corrected chi connectivity index (χ2v) is 7.47. The Balaban J connectivity index is 1.63. The van der Waals surface area contributed by atoms with E-state index < -0.39 is 30.3 Å². The van der Waals surface area contributed by atoms with Crippen molar-refractivity contribution in [3.8, 4) is 0 Å². The first-order valence-electron chi connectivity index (χ1n) is 9.97. The van der Waals surface area contributed by atoms with E-state index in [4.69, 9.17) is 16.6 Å². The first-order chi connectivity index (χ1) is 15.6. The van der Waals surface area contributed by atoms with Crippen LogP contribution in [-0.4, -0.2) is 39.0 Å². The summed E-state index contributed by atoms with van der Waals surface area (Å²) >= 11 is 0. The standard InChI is InChI=1S/C23H23N5O5/c1-12(21(30)31)10-18(22(32)33)26-20(29)15-7-4-13(5-8-15)2-3-14-6-9-17-16(11-14)19(24)28-23(25)27-17/h4-9,11,18H,1-3,10H2,(H,26,29)(H,30,31)(H,32,33)(H4,24,25,27,28)/p-1/t18-/m0/s1.